The third-order valence-electron chi connectivity index (χ3n) is 6.26. The van der Waals surface area contributed by atoms with Crippen molar-refractivity contribution in [1.82, 2.24) is 15.0 Å². The van der Waals surface area contributed by atoms with Crippen molar-refractivity contribution in [3.05, 3.63) is 58.7 Å². The standard InChI is InChI=1S/C27H27N3O5/c1-13-7-8-17(22(31)14(13)2)25-28-26(18-9-11-20(34-5)15(3)23(18)32)30-27(29-25)19-10-12-21(35-6)16(4)24(19)33/h7-12,31-33H,1-6H3. The molecule has 8 heteroatoms. The Morgan fingerprint density at radius 2 is 0.857 bits per heavy atom. The SMILES string of the molecule is COc1ccc(-c2nc(-c3ccc(C)c(C)c3O)nc(-c3ccc(OC)c(C)c3O)n2)c(O)c1C. The second kappa shape index (κ2) is 9.13. The van der Waals surface area contributed by atoms with Crippen molar-refractivity contribution in [2.24, 2.45) is 0 Å². The van der Waals surface area contributed by atoms with Gasteiger partial charge >= 0.3 is 0 Å². The minimum atomic E-state index is -0.0353. The van der Waals surface area contributed by atoms with Gasteiger partial charge in [0.05, 0.1) is 30.9 Å². The lowest BCUT2D eigenvalue weighted by Crippen LogP contribution is -2.02. The van der Waals surface area contributed by atoms with Gasteiger partial charge in [0.2, 0.25) is 0 Å². The van der Waals surface area contributed by atoms with Crippen LogP contribution in [0, 0.1) is 27.7 Å². The molecule has 0 atom stereocenters. The predicted molar refractivity (Wildman–Crippen MR) is 133 cm³/mol. The lowest BCUT2D eigenvalue weighted by Gasteiger charge is -2.15. The molecule has 1 aromatic heterocycles. The van der Waals surface area contributed by atoms with Gasteiger partial charge < -0.3 is 24.8 Å². The number of phenols is 3. The highest BCUT2D eigenvalue weighted by molar-refractivity contribution is 5.76. The zero-order chi connectivity index (χ0) is 25.4. The summed E-state index contributed by atoms with van der Waals surface area (Å²) >= 11 is 0. The maximum absolute atomic E-state index is 10.9. The third kappa shape index (κ3) is 4.07. The quantitative estimate of drug-likeness (QED) is 0.360. The molecule has 0 spiro atoms. The Labute approximate surface area is 203 Å². The molecule has 0 aliphatic heterocycles. The van der Waals surface area contributed by atoms with Crippen LogP contribution < -0.4 is 9.47 Å². The topological polar surface area (TPSA) is 118 Å². The average Bonchev–Trinajstić information content (AvgIpc) is 2.85. The molecule has 4 aromatic rings. The molecule has 0 aliphatic carbocycles. The number of phenolic OH excluding ortho intramolecular Hbond substituents is 3. The molecule has 0 radical (unpaired) electrons. The second-order valence-corrected chi connectivity index (χ2v) is 8.29. The van der Waals surface area contributed by atoms with Gasteiger partial charge in [-0.25, -0.2) is 15.0 Å². The summed E-state index contributed by atoms with van der Waals surface area (Å²) < 4.78 is 10.6. The van der Waals surface area contributed by atoms with E-state index in [2.05, 4.69) is 15.0 Å². The number of benzene rings is 3. The summed E-state index contributed by atoms with van der Waals surface area (Å²) in [5, 5.41) is 32.6. The first kappa shape index (κ1) is 23.8. The minimum absolute atomic E-state index is 0.0353. The second-order valence-electron chi connectivity index (χ2n) is 8.29. The van der Waals surface area contributed by atoms with Crippen LogP contribution in [0.3, 0.4) is 0 Å². The molecule has 8 nitrogen and oxygen atoms in total. The van der Waals surface area contributed by atoms with Gasteiger partial charge in [0.15, 0.2) is 17.5 Å². The number of hydrogen-bond donors (Lipinski definition) is 3. The number of hydrogen-bond acceptors (Lipinski definition) is 8. The highest BCUT2D eigenvalue weighted by Gasteiger charge is 2.21. The highest BCUT2D eigenvalue weighted by Crippen LogP contribution is 2.40. The molecule has 1 heterocycles. The summed E-state index contributed by atoms with van der Waals surface area (Å²) in [4.78, 5) is 13.7. The van der Waals surface area contributed by atoms with Gasteiger partial charge in [-0.2, -0.15) is 0 Å². The van der Waals surface area contributed by atoms with Crippen LogP contribution in [-0.2, 0) is 0 Å². The Morgan fingerprint density at radius 3 is 1.23 bits per heavy atom. The predicted octanol–water partition coefficient (Wildman–Crippen LogP) is 5.24. The Morgan fingerprint density at radius 1 is 0.514 bits per heavy atom. The number of aryl methyl sites for hydroxylation is 1. The molecule has 0 saturated heterocycles. The van der Waals surface area contributed by atoms with Crippen molar-refractivity contribution in [3.63, 3.8) is 0 Å². The molecular weight excluding hydrogens is 446 g/mol. The third-order valence-corrected chi connectivity index (χ3v) is 6.26. The molecule has 0 amide bonds. The normalized spacial score (nSPS) is 10.9. The Kier molecular flexibility index (Phi) is 6.22. The molecule has 180 valence electrons. The van der Waals surface area contributed by atoms with E-state index >= 15 is 0 Å². The summed E-state index contributed by atoms with van der Waals surface area (Å²) in [5.74, 6) is 1.59. The van der Waals surface area contributed by atoms with Gasteiger partial charge in [-0.3, -0.25) is 0 Å². The minimum Gasteiger partial charge on any atom is -0.507 e. The number of aromatic hydroxyl groups is 3. The molecule has 0 unspecified atom stereocenters. The monoisotopic (exact) mass is 473 g/mol. The fraction of sp³-hybridized carbons (Fsp3) is 0.222. The van der Waals surface area contributed by atoms with E-state index in [9.17, 15) is 15.3 Å². The fourth-order valence-electron chi connectivity index (χ4n) is 3.89. The van der Waals surface area contributed by atoms with Gasteiger partial charge in [0.25, 0.3) is 0 Å². The van der Waals surface area contributed by atoms with Gasteiger partial charge in [-0.1, -0.05) is 6.07 Å². The fourth-order valence-corrected chi connectivity index (χ4v) is 3.89. The Bertz CT molecular complexity index is 1370. The number of aromatic nitrogens is 3. The first-order valence-corrected chi connectivity index (χ1v) is 11.0. The molecule has 35 heavy (non-hydrogen) atoms. The molecule has 0 bridgehead atoms. The number of rotatable bonds is 5. The van der Waals surface area contributed by atoms with E-state index in [1.807, 2.05) is 19.9 Å². The summed E-state index contributed by atoms with van der Waals surface area (Å²) in [6, 6.07) is 10.4. The first-order valence-electron chi connectivity index (χ1n) is 11.0. The molecule has 0 saturated carbocycles. The molecular formula is C27H27N3O5. The zero-order valence-electron chi connectivity index (χ0n) is 20.5. The number of nitrogens with zero attached hydrogens (tertiary/aromatic N) is 3. The van der Waals surface area contributed by atoms with Crippen LogP contribution in [0.1, 0.15) is 22.3 Å². The average molecular weight is 474 g/mol. The Balaban J connectivity index is 2.02. The number of ether oxygens (including phenoxy) is 2. The molecule has 3 aromatic carbocycles. The van der Waals surface area contributed by atoms with Gasteiger partial charge in [0, 0.05) is 11.1 Å². The van der Waals surface area contributed by atoms with Crippen LogP contribution in [0.25, 0.3) is 34.2 Å². The highest BCUT2D eigenvalue weighted by atomic mass is 16.5. The molecule has 3 N–H and O–H groups in total. The van der Waals surface area contributed by atoms with Crippen LogP contribution in [0.5, 0.6) is 28.7 Å². The maximum Gasteiger partial charge on any atom is 0.167 e. The Hall–Kier alpha value is -4.33. The van der Waals surface area contributed by atoms with Gasteiger partial charge in [-0.15, -0.1) is 0 Å². The lowest BCUT2D eigenvalue weighted by molar-refractivity contribution is 0.403. The van der Waals surface area contributed by atoms with Gasteiger partial charge in [-0.05, 0) is 69.2 Å². The summed E-state index contributed by atoms with van der Waals surface area (Å²) in [6.07, 6.45) is 0. The van der Waals surface area contributed by atoms with Crippen LogP contribution in [-0.4, -0.2) is 44.5 Å². The lowest BCUT2D eigenvalue weighted by atomic mass is 10.0. The first-order chi connectivity index (χ1) is 16.7. The van der Waals surface area contributed by atoms with E-state index < -0.39 is 0 Å². The van der Waals surface area contributed by atoms with Crippen molar-refractivity contribution in [2.45, 2.75) is 27.7 Å². The molecule has 4 rings (SSSR count). The van der Waals surface area contributed by atoms with Crippen LogP contribution in [0.2, 0.25) is 0 Å². The summed E-state index contributed by atoms with van der Waals surface area (Å²) in [7, 11) is 3.05. The van der Waals surface area contributed by atoms with Crippen molar-refractivity contribution < 1.29 is 24.8 Å². The van der Waals surface area contributed by atoms with E-state index in [0.717, 1.165) is 5.56 Å². The largest absolute Gasteiger partial charge is 0.507 e. The van der Waals surface area contributed by atoms with Crippen molar-refractivity contribution in [2.75, 3.05) is 14.2 Å². The molecule has 0 fully saturated rings. The maximum atomic E-state index is 10.9. The van der Waals surface area contributed by atoms with Crippen LogP contribution in [0.4, 0.5) is 0 Å². The number of methoxy groups -OCH3 is 2. The van der Waals surface area contributed by atoms with Crippen molar-refractivity contribution in [1.29, 1.82) is 0 Å². The van der Waals surface area contributed by atoms with Crippen LogP contribution >= 0.6 is 0 Å². The van der Waals surface area contributed by atoms with E-state index in [-0.39, 0.29) is 34.7 Å². The summed E-state index contributed by atoms with van der Waals surface area (Å²) in [6.45, 7) is 7.18. The zero-order valence-corrected chi connectivity index (χ0v) is 20.5. The smallest absolute Gasteiger partial charge is 0.167 e. The van der Waals surface area contributed by atoms with E-state index in [1.54, 1.807) is 44.2 Å². The van der Waals surface area contributed by atoms with Crippen molar-refractivity contribution >= 4 is 0 Å². The van der Waals surface area contributed by atoms with E-state index in [0.29, 0.717) is 44.9 Å². The van der Waals surface area contributed by atoms with E-state index in [1.165, 1.54) is 14.2 Å². The van der Waals surface area contributed by atoms with E-state index in [4.69, 9.17) is 9.47 Å². The van der Waals surface area contributed by atoms with Gasteiger partial charge in [0.1, 0.15) is 28.7 Å². The molecule has 0 aliphatic rings. The van der Waals surface area contributed by atoms with Crippen LogP contribution in [0.15, 0.2) is 36.4 Å². The summed E-state index contributed by atoms with van der Waals surface area (Å²) in [5.41, 5.74) is 3.83. The van der Waals surface area contributed by atoms with Crippen molar-refractivity contribution in [3.8, 4) is 62.9 Å².